The van der Waals surface area contributed by atoms with Gasteiger partial charge in [0.05, 0.1) is 11.9 Å². The highest BCUT2D eigenvalue weighted by molar-refractivity contribution is 7.92. The van der Waals surface area contributed by atoms with Crippen molar-refractivity contribution in [3.8, 4) is 0 Å². The summed E-state index contributed by atoms with van der Waals surface area (Å²) in [5, 5.41) is 3.64. The summed E-state index contributed by atoms with van der Waals surface area (Å²) in [5.74, 6) is -0.443. The largest absolute Gasteiger partial charge is 0.352 e. The molecule has 0 aliphatic heterocycles. The Balaban J connectivity index is 1.89. The first-order valence-electron chi connectivity index (χ1n) is 13.9. The molecule has 0 fully saturated rings. The average molecular weight is 598 g/mol. The fourth-order valence-electron chi connectivity index (χ4n) is 4.61. The lowest BCUT2D eigenvalue weighted by molar-refractivity contribution is -0.141. The number of halogens is 1. The number of benzene rings is 3. The lowest BCUT2D eigenvalue weighted by Gasteiger charge is -2.33. The fourth-order valence-corrected chi connectivity index (χ4v) is 5.76. The van der Waals surface area contributed by atoms with E-state index in [9.17, 15) is 18.0 Å². The number of para-hydroxylation sites is 1. The van der Waals surface area contributed by atoms with Crippen LogP contribution in [0.5, 0.6) is 0 Å². The van der Waals surface area contributed by atoms with Crippen LogP contribution >= 0.6 is 11.6 Å². The van der Waals surface area contributed by atoms with Gasteiger partial charge in [-0.3, -0.25) is 13.9 Å². The molecule has 0 aliphatic carbocycles. The molecule has 7 nitrogen and oxygen atoms in total. The second kappa shape index (κ2) is 15.0. The van der Waals surface area contributed by atoms with Gasteiger partial charge in [-0.25, -0.2) is 8.42 Å². The number of anilines is 1. The highest BCUT2D eigenvalue weighted by atomic mass is 35.5. The molecule has 0 radical (unpaired) electrons. The molecule has 2 amide bonds. The van der Waals surface area contributed by atoms with Gasteiger partial charge in [0.15, 0.2) is 0 Å². The molecule has 9 heteroatoms. The van der Waals surface area contributed by atoms with E-state index >= 15 is 0 Å². The van der Waals surface area contributed by atoms with E-state index in [0.29, 0.717) is 23.6 Å². The summed E-state index contributed by atoms with van der Waals surface area (Å²) in [7, 11) is -3.57. The Kier molecular flexibility index (Phi) is 11.8. The Morgan fingerprint density at radius 1 is 0.927 bits per heavy atom. The Bertz CT molecular complexity index is 1400. The molecule has 3 aromatic carbocycles. The van der Waals surface area contributed by atoms with Crippen molar-refractivity contribution in [2.24, 2.45) is 0 Å². The van der Waals surface area contributed by atoms with Gasteiger partial charge in [-0.2, -0.15) is 0 Å². The summed E-state index contributed by atoms with van der Waals surface area (Å²) < 4.78 is 26.7. The number of amides is 2. The Morgan fingerprint density at radius 3 is 2.17 bits per heavy atom. The minimum Gasteiger partial charge on any atom is -0.352 e. The van der Waals surface area contributed by atoms with Crippen LogP contribution in [0.2, 0.25) is 5.02 Å². The molecule has 1 N–H and O–H groups in total. The first kappa shape index (κ1) is 32.2. The second-order valence-corrected chi connectivity index (χ2v) is 12.7. The molecule has 41 heavy (non-hydrogen) atoms. The highest BCUT2D eigenvalue weighted by Gasteiger charge is 2.31. The Morgan fingerprint density at radius 2 is 1.56 bits per heavy atom. The maximum Gasteiger partial charge on any atom is 0.243 e. The number of nitrogens with one attached hydrogen (secondary N) is 1. The number of sulfonamides is 1. The molecule has 3 aromatic rings. The summed E-state index contributed by atoms with van der Waals surface area (Å²) in [6, 6.07) is 23.3. The number of carbonyl (C=O) groups excluding carboxylic acids is 2. The summed E-state index contributed by atoms with van der Waals surface area (Å²) in [5.41, 5.74) is 3.21. The Labute approximate surface area is 249 Å². The second-order valence-electron chi connectivity index (χ2n) is 10.4. The Hall–Kier alpha value is -3.36. The smallest absolute Gasteiger partial charge is 0.243 e. The summed E-state index contributed by atoms with van der Waals surface area (Å²) >= 11 is 6.10. The van der Waals surface area contributed by atoms with Crippen molar-refractivity contribution in [1.29, 1.82) is 0 Å². The van der Waals surface area contributed by atoms with Crippen LogP contribution in [-0.4, -0.2) is 50.0 Å². The van der Waals surface area contributed by atoms with Gasteiger partial charge in [-0.1, -0.05) is 79.2 Å². The molecule has 0 saturated carbocycles. The summed E-state index contributed by atoms with van der Waals surface area (Å²) in [4.78, 5) is 29.1. The minimum atomic E-state index is -3.57. The molecule has 220 valence electrons. The number of nitrogens with zero attached hydrogens (tertiary/aromatic N) is 2. The number of rotatable bonds is 14. The molecule has 0 aliphatic rings. The van der Waals surface area contributed by atoms with Gasteiger partial charge in [0, 0.05) is 37.0 Å². The average Bonchev–Trinajstić information content (AvgIpc) is 2.94. The van der Waals surface area contributed by atoms with E-state index in [2.05, 4.69) is 5.32 Å². The molecule has 2 atom stereocenters. The van der Waals surface area contributed by atoms with E-state index in [1.807, 2.05) is 75.4 Å². The zero-order valence-electron chi connectivity index (χ0n) is 24.2. The highest BCUT2D eigenvalue weighted by Crippen LogP contribution is 2.23. The molecule has 0 spiro atoms. The molecule has 0 bridgehead atoms. The number of hydrogen-bond acceptors (Lipinski definition) is 4. The molecule has 0 saturated heterocycles. The standard InChI is InChI=1S/C32H40ClN3O4S/c1-5-25(3)34-32(38)30(22-26-13-7-6-8-14-26)35(23-27-17-19-28(33)20-18-27)31(37)16-11-21-36(41(4,39)40)29-15-10-9-12-24(29)2/h6-10,12-15,17-20,25,30H,5,11,16,21-23H2,1-4H3,(H,34,38)/t25-,30-/m1/s1. The molecular formula is C32H40ClN3O4S. The van der Waals surface area contributed by atoms with Crippen LogP contribution in [0.3, 0.4) is 0 Å². The molecule has 0 unspecified atom stereocenters. The number of aryl methyl sites for hydroxylation is 1. The first-order chi connectivity index (χ1) is 19.5. The van der Waals surface area contributed by atoms with Crippen molar-refractivity contribution < 1.29 is 18.0 Å². The predicted molar refractivity (Wildman–Crippen MR) is 166 cm³/mol. The van der Waals surface area contributed by atoms with E-state index in [0.717, 1.165) is 23.1 Å². The minimum absolute atomic E-state index is 0.0503. The predicted octanol–water partition coefficient (Wildman–Crippen LogP) is 5.75. The third kappa shape index (κ3) is 9.61. The van der Waals surface area contributed by atoms with E-state index in [1.165, 1.54) is 10.6 Å². The van der Waals surface area contributed by atoms with Crippen LogP contribution in [0.1, 0.15) is 49.8 Å². The van der Waals surface area contributed by atoms with E-state index in [1.54, 1.807) is 29.2 Å². The molecule has 0 heterocycles. The summed E-state index contributed by atoms with van der Waals surface area (Å²) in [6.45, 7) is 6.15. The van der Waals surface area contributed by atoms with E-state index < -0.39 is 16.1 Å². The van der Waals surface area contributed by atoms with Gasteiger partial charge in [0.2, 0.25) is 21.8 Å². The van der Waals surface area contributed by atoms with Crippen LogP contribution in [0, 0.1) is 6.92 Å². The van der Waals surface area contributed by atoms with Gasteiger partial charge >= 0.3 is 0 Å². The van der Waals surface area contributed by atoms with Crippen molar-refractivity contribution in [3.05, 3.63) is 101 Å². The molecule has 0 aromatic heterocycles. The number of carbonyl (C=O) groups is 2. The zero-order chi connectivity index (χ0) is 30.0. The van der Waals surface area contributed by atoms with Gasteiger partial charge in [0.25, 0.3) is 0 Å². The lowest BCUT2D eigenvalue weighted by Crippen LogP contribution is -2.52. The van der Waals surface area contributed by atoms with Crippen LogP contribution in [-0.2, 0) is 32.6 Å². The van der Waals surface area contributed by atoms with Gasteiger partial charge in [0.1, 0.15) is 6.04 Å². The third-order valence-corrected chi connectivity index (χ3v) is 8.51. The van der Waals surface area contributed by atoms with E-state index in [4.69, 9.17) is 11.6 Å². The van der Waals surface area contributed by atoms with Crippen molar-refractivity contribution in [1.82, 2.24) is 10.2 Å². The maximum atomic E-state index is 13.9. The van der Waals surface area contributed by atoms with Crippen molar-refractivity contribution in [2.45, 2.75) is 65.1 Å². The number of hydrogen-bond donors (Lipinski definition) is 1. The zero-order valence-corrected chi connectivity index (χ0v) is 25.8. The van der Waals surface area contributed by atoms with Gasteiger partial charge in [-0.05, 0) is 61.6 Å². The van der Waals surface area contributed by atoms with Crippen LogP contribution in [0.4, 0.5) is 5.69 Å². The topological polar surface area (TPSA) is 86.8 Å². The van der Waals surface area contributed by atoms with Crippen molar-refractivity contribution >= 4 is 39.1 Å². The normalized spacial score (nSPS) is 12.8. The van der Waals surface area contributed by atoms with Gasteiger partial charge < -0.3 is 10.2 Å². The molecule has 3 rings (SSSR count). The lowest BCUT2D eigenvalue weighted by atomic mass is 10.0. The van der Waals surface area contributed by atoms with Crippen LogP contribution < -0.4 is 9.62 Å². The fraction of sp³-hybridized carbons (Fsp3) is 0.375. The third-order valence-electron chi connectivity index (χ3n) is 7.07. The molecular weight excluding hydrogens is 558 g/mol. The SMILES string of the molecule is CC[C@@H](C)NC(=O)[C@@H](Cc1ccccc1)N(Cc1ccc(Cl)cc1)C(=O)CCCN(c1ccccc1C)S(C)(=O)=O. The monoisotopic (exact) mass is 597 g/mol. The maximum absolute atomic E-state index is 13.9. The van der Waals surface area contributed by atoms with Crippen molar-refractivity contribution in [2.75, 3.05) is 17.1 Å². The summed E-state index contributed by atoms with van der Waals surface area (Å²) in [6.07, 6.45) is 2.65. The van der Waals surface area contributed by atoms with E-state index in [-0.39, 0.29) is 37.4 Å². The van der Waals surface area contributed by atoms with Crippen LogP contribution in [0.25, 0.3) is 0 Å². The van der Waals surface area contributed by atoms with Crippen molar-refractivity contribution in [3.63, 3.8) is 0 Å². The van der Waals surface area contributed by atoms with Gasteiger partial charge in [-0.15, -0.1) is 0 Å². The van der Waals surface area contributed by atoms with Crippen LogP contribution in [0.15, 0.2) is 78.9 Å². The first-order valence-corrected chi connectivity index (χ1v) is 16.1. The quantitative estimate of drug-likeness (QED) is 0.256.